The molecule has 1 aliphatic rings. The molecule has 0 saturated carbocycles. The number of carbonyl (C=O) groups is 1. The molecular formula is C9H15N3O. The first-order valence-electron chi connectivity index (χ1n) is 4.50. The molecule has 0 aliphatic carbocycles. The highest BCUT2D eigenvalue weighted by Gasteiger charge is 2.22. The Balaban J connectivity index is 2.32. The second-order valence-corrected chi connectivity index (χ2v) is 3.12. The lowest BCUT2D eigenvalue weighted by atomic mass is 10.2. The molecule has 4 heteroatoms. The molecule has 1 heterocycles. The fourth-order valence-corrected chi connectivity index (χ4v) is 1.38. The van der Waals surface area contributed by atoms with Crippen LogP contribution < -0.4 is 5.84 Å². The molecule has 1 rings (SSSR count). The van der Waals surface area contributed by atoms with Crippen molar-refractivity contribution in [1.82, 2.24) is 9.91 Å². The largest absolute Gasteiger partial charge is 0.334 e. The van der Waals surface area contributed by atoms with Crippen LogP contribution in [0.25, 0.3) is 0 Å². The van der Waals surface area contributed by atoms with Gasteiger partial charge in [0.2, 0.25) is 0 Å². The van der Waals surface area contributed by atoms with Crippen molar-refractivity contribution in [1.29, 1.82) is 0 Å². The highest BCUT2D eigenvalue weighted by atomic mass is 16.2. The maximum absolute atomic E-state index is 11.4. The molecule has 0 radical (unpaired) electrons. The first-order chi connectivity index (χ1) is 6.25. The van der Waals surface area contributed by atoms with Crippen molar-refractivity contribution in [2.45, 2.75) is 19.3 Å². The summed E-state index contributed by atoms with van der Waals surface area (Å²) in [5.74, 6) is 8.03. The van der Waals surface area contributed by atoms with Crippen LogP contribution in [0.4, 0.5) is 4.79 Å². The first-order valence-corrected chi connectivity index (χ1v) is 4.50. The lowest BCUT2D eigenvalue weighted by Crippen LogP contribution is -2.52. The normalized spacial score (nSPS) is 17.4. The number of rotatable bonds is 3. The molecule has 4 nitrogen and oxygen atoms in total. The summed E-state index contributed by atoms with van der Waals surface area (Å²) in [4.78, 5) is 13.1. The van der Waals surface area contributed by atoms with Crippen LogP contribution in [0.1, 0.15) is 19.3 Å². The molecule has 0 spiro atoms. The predicted molar refractivity (Wildman–Crippen MR) is 50.5 cm³/mol. The maximum atomic E-state index is 11.4. The fraction of sp³-hybridized carbons (Fsp3) is 0.667. The second-order valence-electron chi connectivity index (χ2n) is 3.12. The van der Waals surface area contributed by atoms with E-state index in [1.807, 2.05) is 0 Å². The van der Waals surface area contributed by atoms with Gasteiger partial charge in [-0.05, 0) is 12.8 Å². The van der Waals surface area contributed by atoms with E-state index < -0.39 is 0 Å². The van der Waals surface area contributed by atoms with E-state index in [9.17, 15) is 4.79 Å². The molecule has 0 aromatic heterocycles. The number of hydrogen-bond acceptors (Lipinski definition) is 2. The fourth-order valence-electron chi connectivity index (χ4n) is 1.38. The summed E-state index contributed by atoms with van der Waals surface area (Å²) in [6.07, 6.45) is 7.63. The van der Waals surface area contributed by atoms with E-state index in [1.165, 1.54) is 5.01 Å². The van der Waals surface area contributed by atoms with Crippen molar-refractivity contribution < 1.29 is 4.79 Å². The summed E-state index contributed by atoms with van der Waals surface area (Å²) < 4.78 is 0. The number of hydrogen-bond donors (Lipinski definition) is 1. The zero-order chi connectivity index (χ0) is 9.68. The van der Waals surface area contributed by atoms with Crippen LogP contribution in [0.2, 0.25) is 0 Å². The minimum Gasteiger partial charge on any atom is -0.323 e. The van der Waals surface area contributed by atoms with Crippen molar-refractivity contribution in [3.05, 3.63) is 0 Å². The van der Waals surface area contributed by atoms with Gasteiger partial charge in [-0.3, -0.25) is 5.01 Å². The van der Waals surface area contributed by atoms with E-state index >= 15 is 0 Å². The topological polar surface area (TPSA) is 49.6 Å². The highest BCUT2D eigenvalue weighted by molar-refractivity contribution is 5.74. The smallest absolute Gasteiger partial charge is 0.323 e. The Bertz CT molecular complexity index is 221. The van der Waals surface area contributed by atoms with Crippen LogP contribution in [0.15, 0.2) is 0 Å². The molecule has 72 valence electrons. The molecule has 1 fully saturated rings. The number of amides is 2. The summed E-state index contributed by atoms with van der Waals surface area (Å²) in [7, 11) is 0. The number of hydrazine groups is 1. The van der Waals surface area contributed by atoms with Crippen LogP contribution in [0.5, 0.6) is 0 Å². The third-order valence-electron chi connectivity index (χ3n) is 2.09. The van der Waals surface area contributed by atoms with Crippen molar-refractivity contribution in [2.75, 3.05) is 19.6 Å². The number of nitrogens with zero attached hydrogens (tertiary/aromatic N) is 2. The Morgan fingerprint density at radius 3 is 3.00 bits per heavy atom. The quantitative estimate of drug-likeness (QED) is 0.296. The SMILES string of the molecule is C#CCCCN1CCCN(N)C1=O. The lowest BCUT2D eigenvalue weighted by molar-refractivity contribution is 0.130. The van der Waals surface area contributed by atoms with Gasteiger partial charge in [0, 0.05) is 26.1 Å². The van der Waals surface area contributed by atoms with Crippen molar-refractivity contribution in [3.8, 4) is 12.3 Å². The zero-order valence-electron chi connectivity index (χ0n) is 7.70. The van der Waals surface area contributed by atoms with Gasteiger partial charge in [0.15, 0.2) is 0 Å². The van der Waals surface area contributed by atoms with Gasteiger partial charge in [0.05, 0.1) is 0 Å². The van der Waals surface area contributed by atoms with E-state index in [0.29, 0.717) is 13.0 Å². The summed E-state index contributed by atoms with van der Waals surface area (Å²) in [5, 5.41) is 1.26. The van der Waals surface area contributed by atoms with E-state index in [-0.39, 0.29) is 6.03 Å². The zero-order valence-corrected chi connectivity index (χ0v) is 7.70. The van der Waals surface area contributed by atoms with Crippen LogP contribution in [0.3, 0.4) is 0 Å². The molecule has 1 saturated heterocycles. The average molecular weight is 181 g/mol. The van der Waals surface area contributed by atoms with Gasteiger partial charge in [-0.15, -0.1) is 12.3 Å². The number of nitrogens with two attached hydrogens (primary N) is 1. The minimum atomic E-state index is -0.0803. The van der Waals surface area contributed by atoms with Crippen LogP contribution in [0, 0.1) is 12.3 Å². The van der Waals surface area contributed by atoms with Gasteiger partial charge in [-0.2, -0.15) is 0 Å². The van der Waals surface area contributed by atoms with Crippen molar-refractivity contribution in [2.24, 2.45) is 5.84 Å². The molecule has 0 bridgehead atoms. The minimum absolute atomic E-state index is 0.0803. The van der Waals surface area contributed by atoms with Gasteiger partial charge in [0.1, 0.15) is 0 Å². The molecule has 1 aliphatic heterocycles. The number of urea groups is 1. The van der Waals surface area contributed by atoms with Crippen molar-refractivity contribution >= 4 is 6.03 Å². The van der Waals surface area contributed by atoms with E-state index in [4.69, 9.17) is 12.3 Å². The molecule has 0 unspecified atom stereocenters. The molecule has 2 amide bonds. The van der Waals surface area contributed by atoms with E-state index in [1.54, 1.807) is 4.90 Å². The standard InChI is InChI=1S/C9H15N3O/c1-2-3-4-6-11-7-5-8-12(10)9(11)13/h1H,3-8,10H2. The molecule has 2 N–H and O–H groups in total. The Morgan fingerprint density at radius 1 is 1.54 bits per heavy atom. The summed E-state index contributed by atoms with van der Waals surface area (Å²) in [6.45, 7) is 2.18. The average Bonchev–Trinajstić information content (AvgIpc) is 2.13. The van der Waals surface area contributed by atoms with E-state index in [0.717, 1.165) is 25.9 Å². The van der Waals surface area contributed by atoms with Gasteiger partial charge in [-0.25, -0.2) is 10.6 Å². The number of unbranched alkanes of at least 4 members (excludes halogenated alkanes) is 1. The summed E-state index contributed by atoms with van der Waals surface area (Å²) in [5.41, 5.74) is 0. The Morgan fingerprint density at radius 2 is 2.31 bits per heavy atom. The predicted octanol–water partition coefficient (Wildman–Crippen LogP) is 0.401. The Kier molecular flexibility index (Phi) is 3.59. The van der Waals surface area contributed by atoms with E-state index in [2.05, 4.69) is 5.92 Å². The number of carbonyl (C=O) groups excluding carboxylic acids is 1. The summed E-state index contributed by atoms with van der Waals surface area (Å²) in [6, 6.07) is -0.0803. The molecule has 0 atom stereocenters. The molecule has 13 heavy (non-hydrogen) atoms. The van der Waals surface area contributed by atoms with Crippen molar-refractivity contribution in [3.63, 3.8) is 0 Å². The van der Waals surface area contributed by atoms with Crippen LogP contribution in [-0.4, -0.2) is 35.6 Å². The molecule has 0 aromatic rings. The monoisotopic (exact) mass is 181 g/mol. The van der Waals surface area contributed by atoms with Gasteiger partial charge in [-0.1, -0.05) is 0 Å². The van der Waals surface area contributed by atoms with Gasteiger partial charge < -0.3 is 4.90 Å². The summed E-state index contributed by atoms with van der Waals surface area (Å²) >= 11 is 0. The maximum Gasteiger partial charge on any atom is 0.334 e. The Labute approximate surface area is 78.6 Å². The number of terminal acetylenes is 1. The van der Waals surface area contributed by atoms with Gasteiger partial charge in [0.25, 0.3) is 0 Å². The molecular weight excluding hydrogens is 166 g/mol. The van der Waals surface area contributed by atoms with Crippen LogP contribution in [-0.2, 0) is 0 Å². The Hall–Kier alpha value is -1.21. The highest BCUT2D eigenvalue weighted by Crippen LogP contribution is 2.06. The second kappa shape index (κ2) is 4.73. The van der Waals surface area contributed by atoms with Gasteiger partial charge >= 0.3 is 6.03 Å². The third kappa shape index (κ3) is 2.63. The van der Waals surface area contributed by atoms with Crippen LogP contribution >= 0.6 is 0 Å². The lowest BCUT2D eigenvalue weighted by Gasteiger charge is -2.32. The molecule has 0 aromatic carbocycles. The third-order valence-corrected chi connectivity index (χ3v) is 2.09. The first kappa shape index (κ1) is 9.87.